The van der Waals surface area contributed by atoms with E-state index in [0.29, 0.717) is 5.58 Å². The molecule has 34 heavy (non-hydrogen) atoms. The molecule has 184 valence electrons. The number of unbranched alkanes of at least 4 members (excludes halogenated alkanes) is 7. The molecule has 0 saturated carbocycles. The number of carbonyl (C=O) groups excluding carboxylic acids is 1. The lowest BCUT2D eigenvalue weighted by atomic mass is 10.1. The summed E-state index contributed by atoms with van der Waals surface area (Å²) in [4.78, 5) is 23.7. The highest BCUT2D eigenvalue weighted by atomic mass is 16.5. The number of fused-ring (bicyclic) bond motifs is 1. The van der Waals surface area contributed by atoms with E-state index >= 15 is 0 Å². The number of para-hydroxylation sites is 1. The standard InChI is InChI=1S/C18H18N2O3.C10H20O/c1-19-14-10-12(8-9-17(14)22-3)20(2)15-11-18(21)23-16-7-5-4-6-13(15)16;1-2-3-4-5-6-7-8-9-10-11/h4-11,19H,1-3H3;10H,2-9H2,1H3. The van der Waals surface area contributed by atoms with Crippen molar-refractivity contribution < 1.29 is 13.9 Å². The second kappa shape index (κ2) is 14.8. The molecule has 0 unspecified atom stereocenters. The van der Waals surface area contributed by atoms with Crippen LogP contribution < -0.4 is 20.6 Å². The van der Waals surface area contributed by atoms with Crippen molar-refractivity contribution in [2.45, 2.75) is 58.3 Å². The molecule has 0 fully saturated rings. The minimum absolute atomic E-state index is 0.368. The van der Waals surface area contributed by atoms with Gasteiger partial charge in [0.05, 0.1) is 18.5 Å². The van der Waals surface area contributed by atoms with E-state index in [9.17, 15) is 9.59 Å². The van der Waals surface area contributed by atoms with Crippen LogP contribution in [-0.2, 0) is 4.79 Å². The molecule has 0 bridgehead atoms. The Hall–Kier alpha value is -3.28. The van der Waals surface area contributed by atoms with Gasteiger partial charge in [-0.1, -0.05) is 57.6 Å². The van der Waals surface area contributed by atoms with Crippen LogP contribution in [0.25, 0.3) is 11.0 Å². The number of hydrogen-bond acceptors (Lipinski definition) is 6. The van der Waals surface area contributed by atoms with Gasteiger partial charge in [0.1, 0.15) is 17.6 Å². The van der Waals surface area contributed by atoms with Crippen molar-refractivity contribution in [3.8, 4) is 5.75 Å². The summed E-state index contributed by atoms with van der Waals surface area (Å²) in [5.74, 6) is 0.766. The van der Waals surface area contributed by atoms with Crippen LogP contribution in [0.1, 0.15) is 58.3 Å². The van der Waals surface area contributed by atoms with Gasteiger partial charge in [0.15, 0.2) is 0 Å². The van der Waals surface area contributed by atoms with Crippen molar-refractivity contribution in [2.75, 3.05) is 31.4 Å². The van der Waals surface area contributed by atoms with Crippen LogP contribution in [0.4, 0.5) is 17.1 Å². The van der Waals surface area contributed by atoms with Gasteiger partial charge in [0.25, 0.3) is 0 Å². The predicted molar refractivity (Wildman–Crippen MR) is 142 cm³/mol. The van der Waals surface area contributed by atoms with Crippen LogP contribution in [0.3, 0.4) is 0 Å². The maximum Gasteiger partial charge on any atom is 0.338 e. The summed E-state index contributed by atoms with van der Waals surface area (Å²) in [6.07, 6.45) is 10.8. The van der Waals surface area contributed by atoms with Crippen molar-refractivity contribution >= 4 is 34.3 Å². The zero-order valence-electron chi connectivity index (χ0n) is 20.9. The number of rotatable bonds is 12. The molecule has 0 saturated heterocycles. The summed E-state index contributed by atoms with van der Waals surface area (Å²) >= 11 is 0. The van der Waals surface area contributed by atoms with E-state index in [4.69, 9.17) is 9.15 Å². The van der Waals surface area contributed by atoms with Crippen LogP contribution in [0.15, 0.2) is 57.7 Å². The van der Waals surface area contributed by atoms with E-state index in [1.807, 2.05) is 55.4 Å². The first-order valence-electron chi connectivity index (χ1n) is 12.1. The Morgan fingerprint density at radius 2 is 1.71 bits per heavy atom. The molecular weight excluding hydrogens is 428 g/mol. The minimum atomic E-state index is -0.368. The first-order valence-corrected chi connectivity index (χ1v) is 12.1. The molecule has 1 N–H and O–H groups in total. The molecule has 6 heteroatoms. The molecule has 0 atom stereocenters. The maximum atomic E-state index is 11.8. The molecule has 0 aliphatic carbocycles. The molecule has 0 spiro atoms. The Morgan fingerprint density at radius 1 is 1.00 bits per heavy atom. The second-order valence-electron chi connectivity index (χ2n) is 8.22. The molecule has 0 aliphatic rings. The average Bonchev–Trinajstić information content (AvgIpc) is 2.87. The Bertz CT molecular complexity index is 1080. The van der Waals surface area contributed by atoms with Crippen LogP contribution >= 0.6 is 0 Å². The lowest BCUT2D eigenvalue weighted by Gasteiger charge is -2.22. The third-order valence-corrected chi connectivity index (χ3v) is 5.75. The fraction of sp³-hybridized carbons (Fsp3) is 0.429. The highest BCUT2D eigenvalue weighted by molar-refractivity contribution is 5.92. The second-order valence-corrected chi connectivity index (χ2v) is 8.22. The van der Waals surface area contributed by atoms with Crippen LogP contribution in [0.2, 0.25) is 0 Å². The van der Waals surface area contributed by atoms with Crippen LogP contribution in [0, 0.1) is 0 Å². The summed E-state index contributed by atoms with van der Waals surface area (Å²) in [7, 11) is 5.39. The summed E-state index contributed by atoms with van der Waals surface area (Å²) in [6.45, 7) is 2.23. The van der Waals surface area contributed by atoms with Gasteiger partial charge in [-0.2, -0.15) is 0 Å². The van der Waals surface area contributed by atoms with Gasteiger partial charge in [-0.15, -0.1) is 0 Å². The van der Waals surface area contributed by atoms with Crippen molar-refractivity contribution in [1.82, 2.24) is 0 Å². The predicted octanol–water partition coefficient (Wildman–Crippen LogP) is 6.94. The van der Waals surface area contributed by atoms with E-state index in [1.165, 1.54) is 44.6 Å². The fourth-order valence-electron chi connectivity index (χ4n) is 3.80. The number of nitrogens with zero attached hydrogens (tertiary/aromatic N) is 1. The Morgan fingerprint density at radius 3 is 2.38 bits per heavy atom. The fourth-order valence-corrected chi connectivity index (χ4v) is 3.80. The third-order valence-electron chi connectivity index (χ3n) is 5.75. The lowest BCUT2D eigenvalue weighted by molar-refractivity contribution is -0.107. The minimum Gasteiger partial charge on any atom is -0.495 e. The quantitative estimate of drug-likeness (QED) is 0.177. The van der Waals surface area contributed by atoms with E-state index in [2.05, 4.69) is 12.2 Å². The van der Waals surface area contributed by atoms with Gasteiger partial charge in [-0.25, -0.2) is 4.79 Å². The number of hydrogen-bond donors (Lipinski definition) is 1. The normalized spacial score (nSPS) is 10.4. The Labute approximate surface area is 202 Å². The molecule has 3 rings (SSSR count). The number of ether oxygens (including phenoxy) is 1. The Kier molecular flexibility index (Phi) is 11.7. The molecule has 3 aromatic rings. The smallest absolute Gasteiger partial charge is 0.338 e. The number of carbonyl (C=O) groups is 1. The van der Waals surface area contributed by atoms with Gasteiger partial charge in [-0.05, 0) is 36.8 Å². The third kappa shape index (κ3) is 7.94. The first kappa shape index (κ1) is 27.0. The van der Waals surface area contributed by atoms with Gasteiger partial charge in [0.2, 0.25) is 0 Å². The molecule has 0 amide bonds. The topological polar surface area (TPSA) is 71.8 Å². The van der Waals surface area contributed by atoms with Gasteiger partial charge in [0, 0.05) is 37.7 Å². The zero-order chi connectivity index (χ0) is 24.8. The molecule has 0 radical (unpaired) electrons. The largest absolute Gasteiger partial charge is 0.495 e. The van der Waals surface area contributed by atoms with E-state index < -0.39 is 0 Å². The number of anilines is 3. The summed E-state index contributed by atoms with van der Waals surface area (Å²) in [5, 5.41) is 4.00. The molecular formula is C28H38N2O4. The van der Waals surface area contributed by atoms with E-state index in [-0.39, 0.29) is 5.63 Å². The zero-order valence-corrected chi connectivity index (χ0v) is 20.9. The monoisotopic (exact) mass is 466 g/mol. The maximum absolute atomic E-state index is 11.8. The number of benzene rings is 2. The highest BCUT2D eigenvalue weighted by Gasteiger charge is 2.13. The summed E-state index contributed by atoms with van der Waals surface area (Å²) < 4.78 is 10.6. The highest BCUT2D eigenvalue weighted by Crippen LogP contribution is 2.34. The van der Waals surface area contributed by atoms with Crippen molar-refractivity contribution in [2.24, 2.45) is 0 Å². The molecule has 1 heterocycles. The Balaban J connectivity index is 0.000000316. The van der Waals surface area contributed by atoms with Crippen LogP contribution in [0.5, 0.6) is 5.75 Å². The number of aldehydes is 1. The average molecular weight is 467 g/mol. The van der Waals surface area contributed by atoms with Crippen molar-refractivity contribution in [3.63, 3.8) is 0 Å². The number of nitrogens with one attached hydrogen (secondary N) is 1. The molecule has 2 aromatic carbocycles. The van der Waals surface area contributed by atoms with Crippen molar-refractivity contribution in [1.29, 1.82) is 0 Å². The molecule has 0 aliphatic heterocycles. The number of methoxy groups -OCH3 is 1. The first-order chi connectivity index (χ1) is 16.5. The summed E-state index contributed by atoms with van der Waals surface area (Å²) in [6, 6.07) is 14.8. The van der Waals surface area contributed by atoms with Gasteiger partial charge in [-0.3, -0.25) is 0 Å². The van der Waals surface area contributed by atoms with E-state index in [1.54, 1.807) is 13.2 Å². The molecule has 6 nitrogen and oxygen atoms in total. The van der Waals surface area contributed by atoms with Crippen LogP contribution in [-0.4, -0.2) is 27.5 Å². The molecule has 1 aromatic heterocycles. The lowest BCUT2D eigenvalue weighted by Crippen LogP contribution is -2.13. The van der Waals surface area contributed by atoms with Gasteiger partial charge < -0.3 is 24.2 Å². The summed E-state index contributed by atoms with van der Waals surface area (Å²) in [5.41, 5.74) is 2.82. The SMILES string of the molecule is CCCCCCCCCC=O.CNc1cc(N(C)c2cc(=O)oc3ccccc23)ccc1OC. The van der Waals surface area contributed by atoms with Gasteiger partial charge >= 0.3 is 5.63 Å². The van der Waals surface area contributed by atoms with E-state index in [0.717, 1.165) is 47.3 Å². The van der Waals surface area contributed by atoms with Crippen molar-refractivity contribution in [3.05, 3.63) is 59.0 Å².